The Hall–Kier alpha value is -1.07. The van der Waals surface area contributed by atoms with Gasteiger partial charge >= 0.3 is 0 Å². The van der Waals surface area contributed by atoms with Gasteiger partial charge in [0.1, 0.15) is 6.04 Å². The molecule has 0 spiro atoms. The second-order valence-electron chi connectivity index (χ2n) is 4.41. The Morgan fingerprint density at radius 2 is 2.21 bits per heavy atom. The van der Waals surface area contributed by atoms with Gasteiger partial charge in [0.2, 0.25) is 5.91 Å². The van der Waals surface area contributed by atoms with Crippen LogP contribution in [0.2, 0.25) is 5.02 Å². The molecule has 1 aromatic carbocycles. The molecule has 1 saturated heterocycles. The summed E-state index contributed by atoms with van der Waals surface area (Å²) < 4.78 is 0.751. The summed E-state index contributed by atoms with van der Waals surface area (Å²) in [4.78, 5) is 25.1. The van der Waals surface area contributed by atoms with Gasteiger partial charge in [-0.15, -0.1) is 0 Å². The Labute approximate surface area is 125 Å². The van der Waals surface area contributed by atoms with Crippen LogP contribution in [0.15, 0.2) is 22.7 Å². The minimum absolute atomic E-state index is 0.114. The van der Waals surface area contributed by atoms with Crippen molar-refractivity contribution in [3.05, 3.63) is 27.7 Å². The molecular weight excluding hydrogens is 332 g/mol. The number of nitrogens with one attached hydrogen (secondary N) is 1. The van der Waals surface area contributed by atoms with Crippen molar-refractivity contribution in [2.45, 2.75) is 25.8 Å². The molecule has 2 amide bonds. The number of halogens is 2. The Morgan fingerprint density at radius 1 is 1.47 bits per heavy atom. The van der Waals surface area contributed by atoms with Crippen molar-refractivity contribution in [1.29, 1.82) is 0 Å². The topological polar surface area (TPSA) is 49.4 Å². The zero-order valence-electron chi connectivity index (χ0n) is 10.5. The van der Waals surface area contributed by atoms with E-state index in [4.69, 9.17) is 11.6 Å². The van der Waals surface area contributed by atoms with E-state index >= 15 is 0 Å². The van der Waals surface area contributed by atoms with Gasteiger partial charge in [0.25, 0.3) is 5.91 Å². The van der Waals surface area contributed by atoms with Gasteiger partial charge < -0.3 is 5.32 Å². The molecule has 1 unspecified atom stereocenters. The maximum atomic E-state index is 12.1. The van der Waals surface area contributed by atoms with Crippen molar-refractivity contribution < 1.29 is 9.59 Å². The largest absolute Gasteiger partial charge is 0.373 e. The monoisotopic (exact) mass is 344 g/mol. The molecule has 19 heavy (non-hydrogen) atoms. The Balaban J connectivity index is 2.09. The van der Waals surface area contributed by atoms with Gasteiger partial charge in [-0.3, -0.25) is 14.5 Å². The second-order valence-corrected chi connectivity index (χ2v) is 5.68. The van der Waals surface area contributed by atoms with Crippen LogP contribution >= 0.6 is 27.5 Å². The minimum atomic E-state index is -0.480. The Morgan fingerprint density at radius 3 is 2.84 bits per heavy atom. The maximum absolute atomic E-state index is 12.1. The highest BCUT2D eigenvalue weighted by Crippen LogP contribution is 2.27. The van der Waals surface area contributed by atoms with Crippen molar-refractivity contribution >= 4 is 45.0 Å². The van der Waals surface area contributed by atoms with Crippen LogP contribution in [-0.2, 0) is 9.59 Å². The summed E-state index contributed by atoms with van der Waals surface area (Å²) in [5.74, 6) is -0.268. The molecule has 0 saturated carbocycles. The fourth-order valence-corrected chi connectivity index (χ4v) is 2.54. The summed E-state index contributed by atoms with van der Waals surface area (Å²) in [6, 6.07) is 4.83. The number of rotatable bonds is 4. The summed E-state index contributed by atoms with van der Waals surface area (Å²) in [5, 5.41) is 3.68. The first-order chi connectivity index (χ1) is 9.02. The fraction of sp³-hybridized carbons (Fsp3) is 0.385. The van der Waals surface area contributed by atoms with Gasteiger partial charge in [0.15, 0.2) is 0 Å². The van der Waals surface area contributed by atoms with E-state index < -0.39 is 6.04 Å². The molecular formula is C13H14BrClN2O2. The lowest BCUT2D eigenvalue weighted by molar-refractivity contribution is -0.138. The van der Waals surface area contributed by atoms with Crippen LogP contribution in [0.25, 0.3) is 0 Å². The molecule has 1 atom stereocenters. The smallest absolute Gasteiger partial charge is 0.252 e. The molecule has 1 fully saturated rings. The summed E-state index contributed by atoms with van der Waals surface area (Å²) >= 11 is 9.23. The van der Waals surface area contributed by atoms with Crippen LogP contribution < -0.4 is 5.32 Å². The number of carbonyl (C=O) groups is 2. The summed E-state index contributed by atoms with van der Waals surface area (Å²) in [6.07, 6.45) is 0.982. The van der Waals surface area contributed by atoms with Crippen molar-refractivity contribution in [1.82, 2.24) is 4.90 Å². The predicted octanol–water partition coefficient (Wildman–Crippen LogP) is 3.05. The van der Waals surface area contributed by atoms with E-state index in [9.17, 15) is 9.59 Å². The molecule has 2 rings (SSSR count). The van der Waals surface area contributed by atoms with Crippen molar-refractivity contribution in [2.75, 3.05) is 11.9 Å². The summed E-state index contributed by atoms with van der Waals surface area (Å²) in [5.41, 5.74) is 0.765. The van der Waals surface area contributed by atoms with Gasteiger partial charge in [0, 0.05) is 16.7 Å². The molecule has 4 nitrogen and oxygen atoms in total. The number of likely N-dealkylation sites (tertiary alicyclic amines) is 1. The molecule has 1 aromatic rings. The zero-order valence-corrected chi connectivity index (χ0v) is 12.8. The molecule has 6 heteroatoms. The van der Waals surface area contributed by atoms with E-state index in [1.165, 1.54) is 4.90 Å². The van der Waals surface area contributed by atoms with Crippen LogP contribution in [0, 0.1) is 0 Å². The number of hydrogen-bond donors (Lipinski definition) is 1. The maximum Gasteiger partial charge on any atom is 0.252 e. The molecule has 1 aliphatic rings. The van der Waals surface area contributed by atoms with Gasteiger partial charge in [-0.05, 0) is 40.5 Å². The zero-order chi connectivity index (χ0) is 14.0. The lowest BCUT2D eigenvalue weighted by Gasteiger charge is -2.15. The van der Waals surface area contributed by atoms with E-state index in [0.29, 0.717) is 11.6 Å². The Kier molecular flexibility index (Phi) is 4.47. The normalized spacial score (nSPS) is 19.1. The third-order valence-electron chi connectivity index (χ3n) is 2.95. The summed E-state index contributed by atoms with van der Waals surface area (Å²) in [7, 11) is 0. The van der Waals surface area contributed by atoms with Gasteiger partial charge in [-0.25, -0.2) is 0 Å². The van der Waals surface area contributed by atoms with Gasteiger partial charge in [-0.1, -0.05) is 18.5 Å². The lowest BCUT2D eigenvalue weighted by atomic mass is 10.2. The third kappa shape index (κ3) is 3.09. The number of anilines is 1. The third-order valence-corrected chi connectivity index (χ3v) is 4.17. The highest BCUT2D eigenvalue weighted by Gasteiger charge is 2.37. The number of imide groups is 1. The van der Waals surface area contributed by atoms with E-state index in [2.05, 4.69) is 21.2 Å². The van der Waals surface area contributed by atoms with Gasteiger partial charge in [-0.2, -0.15) is 0 Å². The number of carbonyl (C=O) groups excluding carboxylic acids is 2. The first-order valence-electron chi connectivity index (χ1n) is 6.08. The lowest BCUT2D eigenvalue weighted by Crippen LogP contribution is -2.35. The number of nitrogens with zero attached hydrogens (tertiary/aromatic N) is 1. The molecule has 0 radical (unpaired) electrons. The molecule has 1 N–H and O–H groups in total. The summed E-state index contributed by atoms with van der Waals surface area (Å²) in [6.45, 7) is 2.43. The molecule has 102 valence electrons. The van der Waals surface area contributed by atoms with Crippen molar-refractivity contribution in [2.24, 2.45) is 0 Å². The average molecular weight is 346 g/mol. The average Bonchev–Trinajstić information content (AvgIpc) is 2.62. The predicted molar refractivity (Wildman–Crippen MR) is 78.2 cm³/mol. The standard InChI is InChI=1S/C13H14BrClN2O2/c1-2-5-17-12(18)7-11(13(17)19)16-8-3-4-10(15)9(14)6-8/h3-4,6,11,16H,2,5,7H2,1H3. The number of hydrogen-bond acceptors (Lipinski definition) is 3. The van der Waals surface area contributed by atoms with E-state index in [0.717, 1.165) is 16.6 Å². The molecule has 1 aliphatic heterocycles. The molecule has 1 heterocycles. The molecule has 0 aliphatic carbocycles. The van der Waals surface area contributed by atoms with Gasteiger partial charge in [0.05, 0.1) is 11.4 Å². The number of amides is 2. The van der Waals surface area contributed by atoms with E-state index in [1.807, 2.05) is 6.92 Å². The highest BCUT2D eigenvalue weighted by atomic mass is 79.9. The minimum Gasteiger partial charge on any atom is -0.373 e. The van der Waals surface area contributed by atoms with Crippen LogP contribution in [0.3, 0.4) is 0 Å². The quantitative estimate of drug-likeness (QED) is 0.853. The van der Waals surface area contributed by atoms with E-state index in [1.54, 1.807) is 18.2 Å². The first-order valence-corrected chi connectivity index (χ1v) is 7.25. The van der Waals surface area contributed by atoms with Crippen LogP contribution in [0.5, 0.6) is 0 Å². The van der Waals surface area contributed by atoms with Crippen LogP contribution in [-0.4, -0.2) is 29.3 Å². The second kappa shape index (κ2) is 5.92. The van der Waals surface area contributed by atoms with E-state index in [-0.39, 0.29) is 18.2 Å². The Bertz CT molecular complexity index is 521. The van der Waals surface area contributed by atoms with Crippen molar-refractivity contribution in [3.8, 4) is 0 Å². The SMILES string of the molecule is CCCN1C(=O)CC(Nc2ccc(Cl)c(Br)c2)C1=O. The highest BCUT2D eigenvalue weighted by molar-refractivity contribution is 9.10. The van der Waals surface area contributed by atoms with Crippen LogP contribution in [0.4, 0.5) is 5.69 Å². The van der Waals surface area contributed by atoms with Crippen LogP contribution in [0.1, 0.15) is 19.8 Å². The van der Waals surface area contributed by atoms with Crippen molar-refractivity contribution in [3.63, 3.8) is 0 Å². The number of benzene rings is 1. The molecule has 0 aromatic heterocycles. The molecule has 0 bridgehead atoms. The fourth-order valence-electron chi connectivity index (χ4n) is 2.04. The first kappa shape index (κ1) is 14.3.